The molecule has 1 amide bonds. The van der Waals surface area contributed by atoms with Crippen LogP contribution in [0.3, 0.4) is 0 Å². The molecular formula is C14H15N3OS2. The SMILES string of the molecule is NC(=S)CCN(Cc1ccncc1)C(=O)c1cccs1. The molecule has 0 fully saturated rings. The maximum Gasteiger partial charge on any atom is 0.264 e. The zero-order valence-electron chi connectivity index (χ0n) is 10.9. The predicted octanol–water partition coefficient (Wildman–Crippen LogP) is 2.46. The highest BCUT2D eigenvalue weighted by Gasteiger charge is 2.17. The van der Waals surface area contributed by atoms with E-state index >= 15 is 0 Å². The van der Waals surface area contributed by atoms with Crippen LogP contribution in [0.5, 0.6) is 0 Å². The lowest BCUT2D eigenvalue weighted by Gasteiger charge is -2.22. The zero-order chi connectivity index (χ0) is 14.4. The molecule has 104 valence electrons. The van der Waals surface area contributed by atoms with Crippen molar-refractivity contribution in [1.29, 1.82) is 0 Å². The zero-order valence-corrected chi connectivity index (χ0v) is 12.5. The molecule has 0 saturated heterocycles. The third-order valence-corrected chi connectivity index (χ3v) is 3.83. The summed E-state index contributed by atoms with van der Waals surface area (Å²) in [7, 11) is 0. The first-order valence-corrected chi connectivity index (χ1v) is 7.45. The normalized spacial score (nSPS) is 10.2. The molecule has 2 rings (SSSR count). The maximum absolute atomic E-state index is 12.5. The number of amides is 1. The highest BCUT2D eigenvalue weighted by atomic mass is 32.1. The second kappa shape index (κ2) is 7.12. The summed E-state index contributed by atoms with van der Waals surface area (Å²) in [6, 6.07) is 7.49. The van der Waals surface area contributed by atoms with Crippen molar-refractivity contribution in [3.8, 4) is 0 Å². The van der Waals surface area contributed by atoms with Crippen LogP contribution in [0.15, 0.2) is 42.0 Å². The quantitative estimate of drug-likeness (QED) is 0.833. The number of pyridine rings is 1. The number of carbonyl (C=O) groups excluding carboxylic acids is 1. The molecule has 6 heteroatoms. The van der Waals surface area contributed by atoms with Crippen molar-refractivity contribution in [1.82, 2.24) is 9.88 Å². The Balaban J connectivity index is 2.12. The summed E-state index contributed by atoms with van der Waals surface area (Å²) in [6.07, 6.45) is 3.96. The molecule has 2 N–H and O–H groups in total. The van der Waals surface area contributed by atoms with Gasteiger partial charge >= 0.3 is 0 Å². The van der Waals surface area contributed by atoms with Crippen LogP contribution in [0.2, 0.25) is 0 Å². The summed E-state index contributed by atoms with van der Waals surface area (Å²) in [5, 5.41) is 1.89. The number of aromatic nitrogens is 1. The fourth-order valence-electron chi connectivity index (χ4n) is 1.76. The van der Waals surface area contributed by atoms with Crippen molar-refractivity contribution in [2.24, 2.45) is 5.73 Å². The van der Waals surface area contributed by atoms with Crippen molar-refractivity contribution < 1.29 is 4.79 Å². The standard InChI is InChI=1S/C14H15N3OS2/c15-13(19)5-8-17(10-11-3-6-16-7-4-11)14(18)12-2-1-9-20-12/h1-4,6-7,9H,5,8,10H2,(H2,15,19). The highest BCUT2D eigenvalue weighted by Crippen LogP contribution is 2.14. The predicted molar refractivity (Wildman–Crippen MR) is 84.7 cm³/mol. The minimum atomic E-state index is 0.00747. The Hall–Kier alpha value is -1.79. The molecule has 0 saturated carbocycles. The Morgan fingerprint density at radius 2 is 2.10 bits per heavy atom. The van der Waals surface area contributed by atoms with E-state index < -0.39 is 0 Å². The van der Waals surface area contributed by atoms with Gasteiger partial charge in [0.2, 0.25) is 0 Å². The summed E-state index contributed by atoms with van der Waals surface area (Å²) in [5.41, 5.74) is 6.57. The summed E-state index contributed by atoms with van der Waals surface area (Å²) >= 11 is 6.33. The molecule has 0 aliphatic carbocycles. The van der Waals surface area contributed by atoms with Gasteiger partial charge in [0.25, 0.3) is 5.91 Å². The van der Waals surface area contributed by atoms with E-state index in [1.807, 2.05) is 29.6 Å². The van der Waals surface area contributed by atoms with Gasteiger partial charge in [0.15, 0.2) is 0 Å². The first-order valence-electron chi connectivity index (χ1n) is 6.17. The largest absolute Gasteiger partial charge is 0.393 e. The van der Waals surface area contributed by atoms with E-state index in [4.69, 9.17) is 18.0 Å². The first kappa shape index (κ1) is 14.6. The molecule has 0 atom stereocenters. The number of thiophene rings is 1. The molecule has 0 aliphatic heterocycles. The second-order valence-electron chi connectivity index (χ2n) is 4.28. The average molecular weight is 305 g/mol. The van der Waals surface area contributed by atoms with Gasteiger partial charge in [0, 0.05) is 31.9 Å². The van der Waals surface area contributed by atoms with Crippen LogP contribution >= 0.6 is 23.6 Å². The third-order valence-electron chi connectivity index (χ3n) is 2.77. The molecule has 0 spiro atoms. The van der Waals surface area contributed by atoms with Crippen molar-refractivity contribution in [3.63, 3.8) is 0 Å². The minimum Gasteiger partial charge on any atom is -0.393 e. The fraction of sp³-hybridized carbons (Fsp3) is 0.214. The third kappa shape index (κ3) is 4.11. The van der Waals surface area contributed by atoms with E-state index in [1.54, 1.807) is 17.3 Å². The lowest BCUT2D eigenvalue weighted by molar-refractivity contribution is 0.0753. The number of nitrogens with two attached hydrogens (primary N) is 1. The van der Waals surface area contributed by atoms with E-state index in [0.717, 1.165) is 10.4 Å². The Morgan fingerprint density at radius 1 is 1.35 bits per heavy atom. The van der Waals surface area contributed by atoms with E-state index in [9.17, 15) is 4.79 Å². The molecule has 0 unspecified atom stereocenters. The van der Waals surface area contributed by atoms with Crippen LogP contribution in [0.4, 0.5) is 0 Å². The highest BCUT2D eigenvalue weighted by molar-refractivity contribution is 7.80. The Kier molecular flexibility index (Phi) is 5.20. The monoisotopic (exact) mass is 305 g/mol. The molecule has 0 aromatic carbocycles. The second-order valence-corrected chi connectivity index (χ2v) is 5.75. The fourth-order valence-corrected chi connectivity index (χ4v) is 2.54. The molecule has 0 radical (unpaired) electrons. The summed E-state index contributed by atoms with van der Waals surface area (Å²) in [6.45, 7) is 1.05. The molecule has 2 aromatic heterocycles. The molecular weight excluding hydrogens is 290 g/mol. The number of carbonyl (C=O) groups is 1. The van der Waals surface area contributed by atoms with Crippen LogP contribution < -0.4 is 5.73 Å². The summed E-state index contributed by atoms with van der Waals surface area (Å²) in [5.74, 6) is 0.00747. The van der Waals surface area contributed by atoms with Crippen LogP contribution in [-0.4, -0.2) is 27.3 Å². The number of nitrogens with zero attached hydrogens (tertiary/aromatic N) is 2. The van der Waals surface area contributed by atoms with Gasteiger partial charge in [-0.15, -0.1) is 11.3 Å². The summed E-state index contributed by atoms with van der Waals surface area (Å²) < 4.78 is 0. The van der Waals surface area contributed by atoms with Gasteiger partial charge in [-0.05, 0) is 29.1 Å². The average Bonchev–Trinajstić information content (AvgIpc) is 2.97. The van der Waals surface area contributed by atoms with Crippen LogP contribution in [-0.2, 0) is 6.54 Å². The van der Waals surface area contributed by atoms with Crippen LogP contribution in [0, 0.1) is 0 Å². The van der Waals surface area contributed by atoms with Gasteiger partial charge in [0.1, 0.15) is 0 Å². The Bertz CT molecular complexity index is 569. The number of hydrogen-bond donors (Lipinski definition) is 1. The molecule has 20 heavy (non-hydrogen) atoms. The van der Waals surface area contributed by atoms with E-state index in [0.29, 0.717) is 24.5 Å². The van der Waals surface area contributed by atoms with Crippen LogP contribution in [0.1, 0.15) is 21.7 Å². The van der Waals surface area contributed by atoms with E-state index in [2.05, 4.69) is 4.98 Å². The number of rotatable bonds is 6. The molecule has 0 bridgehead atoms. The number of thiocarbonyl (C=S) groups is 1. The van der Waals surface area contributed by atoms with Gasteiger partial charge in [-0.25, -0.2) is 0 Å². The lowest BCUT2D eigenvalue weighted by atomic mass is 10.2. The lowest BCUT2D eigenvalue weighted by Crippen LogP contribution is -2.32. The summed E-state index contributed by atoms with van der Waals surface area (Å²) in [4.78, 5) is 19.3. The van der Waals surface area contributed by atoms with E-state index in [1.165, 1.54) is 11.3 Å². The maximum atomic E-state index is 12.5. The van der Waals surface area contributed by atoms with Gasteiger partial charge < -0.3 is 10.6 Å². The van der Waals surface area contributed by atoms with Crippen molar-refractivity contribution in [3.05, 3.63) is 52.5 Å². The van der Waals surface area contributed by atoms with Crippen molar-refractivity contribution >= 4 is 34.5 Å². The Labute approximate surface area is 127 Å². The first-order chi connectivity index (χ1) is 9.66. The van der Waals surface area contributed by atoms with Crippen molar-refractivity contribution in [2.45, 2.75) is 13.0 Å². The van der Waals surface area contributed by atoms with E-state index in [-0.39, 0.29) is 5.91 Å². The van der Waals surface area contributed by atoms with Crippen molar-refractivity contribution in [2.75, 3.05) is 6.54 Å². The molecule has 2 heterocycles. The molecule has 2 aromatic rings. The van der Waals surface area contributed by atoms with Gasteiger partial charge in [-0.1, -0.05) is 18.3 Å². The van der Waals surface area contributed by atoms with Gasteiger partial charge in [0.05, 0.1) is 9.87 Å². The topological polar surface area (TPSA) is 59.2 Å². The smallest absolute Gasteiger partial charge is 0.264 e. The van der Waals surface area contributed by atoms with Crippen LogP contribution in [0.25, 0.3) is 0 Å². The van der Waals surface area contributed by atoms with Gasteiger partial charge in [-0.3, -0.25) is 9.78 Å². The molecule has 4 nitrogen and oxygen atoms in total. The molecule has 0 aliphatic rings. The number of hydrogen-bond acceptors (Lipinski definition) is 4. The minimum absolute atomic E-state index is 0.00747. The van der Waals surface area contributed by atoms with Gasteiger partial charge in [-0.2, -0.15) is 0 Å². The Morgan fingerprint density at radius 3 is 2.70 bits per heavy atom.